The number of aromatic nitrogens is 2. The number of aliphatic carboxylic acids is 1. The number of carbonyl (C=O) groups is 2. The van der Waals surface area contributed by atoms with Crippen molar-refractivity contribution < 1.29 is 14.7 Å². The molecule has 1 aromatic rings. The SMILES string of the molecule is Cc1cc(C(=O)NCCSSCCC(=O)O)n(C)n1. The van der Waals surface area contributed by atoms with Crippen LogP contribution < -0.4 is 5.32 Å². The Morgan fingerprint density at radius 3 is 2.68 bits per heavy atom. The molecule has 0 bridgehead atoms. The van der Waals surface area contributed by atoms with Crippen LogP contribution in [-0.4, -0.2) is 44.8 Å². The molecule has 0 unspecified atom stereocenters. The molecule has 1 rings (SSSR count). The fraction of sp³-hybridized carbons (Fsp3) is 0.545. The van der Waals surface area contributed by atoms with Crippen LogP contribution in [0.15, 0.2) is 6.07 Å². The normalized spacial score (nSPS) is 10.4. The summed E-state index contributed by atoms with van der Waals surface area (Å²) in [4.78, 5) is 22.1. The molecule has 0 aromatic carbocycles. The highest BCUT2D eigenvalue weighted by Crippen LogP contribution is 2.20. The van der Waals surface area contributed by atoms with Crippen molar-refractivity contribution >= 4 is 33.5 Å². The average molecular weight is 303 g/mol. The molecule has 1 amide bonds. The van der Waals surface area contributed by atoms with Gasteiger partial charge in [0.1, 0.15) is 5.69 Å². The topological polar surface area (TPSA) is 84.2 Å². The highest BCUT2D eigenvalue weighted by molar-refractivity contribution is 8.76. The van der Waals surface area contributed by atoms with Gasteiger partial charge in [-0.15, -0.1) is 0 Å². The van der Waals surface area contributed by atoms with E-state index in [9.17, 15) is 9.59 Å². The highest BCUT2D eigenvalue weighted by atomic mass is 33.1. The monoisotopic (exact) mass is 303 g/mol. The minimum atomic E-state index is -0.784. The zero-order chi connectivity index (χ0) is 14.3. The van der Waals surface area contributed by atoms with E-state index < -0.39 is 5.97 Å². The third-order valence-corrected chi connectivity index (χ3v) is 4.60. The molecular weight excluding hydrogens is 286 g/mol. The van der Waals surface area contributed by atoms with E-state index in [4.69, 9.17) is 5.11 Å². The second-order valence-electron chi connectivity index (χ2n) is 3.84. The Labute approximate surface area is 119 Å². The van der Waals surface area contributed by atoms with Crippen LogP contribution in [0, 0.1) is 6.92 Å². The number of nitrogens with zero attached hydrogens (tertiary/aromatic N) is 2. The van der Waals surface area contributed by atoms with Crippen LogP contribution in [0.25, 0.3) is 0 Å². The van der Waals surface area contributed by atoms with Gasteiger partial charge in [0.15, 0.2) is 0 Å². The first-order valence-corrected chi connectivity index (χ1v) is 8.24. The third kappa shape index (κ3) is 6.02. The number of hydrogen-bond donors (Lipinski definition) is 2. The lowest BCUT2D eigenvalue weighted by Crippen LogP contribution is -2.27. The predicted octanol–water partition coefficient (Wildman–Crippen LogP) is 1.31. The molecule has 0 saturated carbocycles. The Bertz CT molecular complexity index is 448. The van der Waals surface area contributed by atoms with E-state index in [2.05, 4.69) is 10.4 Å². The van der Waals surface area contributed by atoms with Crippen molar-refractivity contribution in [2.24, 2.45) is 7.05 Å². The van der Waals surface area contributed by atoms with Crippen LogP contribution in [0.4, 0.5) is 0 Å². The second kappa shape index (κ2) is 8.11. The standard InChI is InChI=1S/C11H17N3O3S2/c1-8-7-9(14(2)13-8)11(17)12-4-6-19-18-5-3-10(15)16/h7H,3-6H2,1-2H3,(H,12,17)(H,15,16). The molecular formula is C11H17N3O3S2. The Balaban J connectivity index is 2.14. The molecule has 2 N–H and O–H groups in total. The molecule has 1 heterocycles. The lowest BCUT2D eigenvalue weighted by Gasteiger charge is -2.04. The predicted molar refractivity (Wildman–Crippen MR) is 77.4 cm³/mol. The molecule has 0 aliphatic rings. The molecule has 0 aliphatic carbocycles. The number of nitrogens with one attached hydrogen (secondary N) is 1. The molecule has 0 aliphatic heterocycles. The Morgan fingerprint density at radius 1 is 1.42 bits per heavy atom. The summed E-state index contributed by atoms with van der Waals surface area (Å²) in [5.74, 6) is 0.397. The van der Waals surface area contributed by atoms with Crippen molar-refractivity contribution in [3.8, 4) is 0 Å². The van der Waals surface area contributed by atoms with E-state index in [1.807, 2.05) is 6.92 Å². The summed E-state index contributed by atoms with van der Waals surface area (Å²) in [7, 11) is 4.80. The first-order chi connectivity index (χ1) is 9.00. The van der Waals surface area contributed by atoms with E-state index in [1.165, 1.54) is 10.8 Å². The van der Waals surface area contributed by atoms with Crippen LogP contribution in [0.1, 0.15) is 22.6 Å². The minimum Gasteiger partial charge on any atom is -0.481 e. The number of rotatable bonds is 8. The third-order valence-electron chi connectivity index (χ3n) is 2.19. The van der Waals surface area contributed by atoms with Crippen molar-refractivity contribution in [3.05, 3.63) is 17.5 Å². The lowest BCUT2D eigenvalue weighted by atomic mass is 10.3. The van der Waals surface area contributed by atoms with Crippen molar-refractivity contribution in [3.63, 3.8) is 0 Å². The van der Waals surface area contributed by atoms with Gasteiger partial charge in [0.05, 0.1) is 12.1 Å². The number of carboxylic acids is 1. The summed E-state index contributed by atoms with van der Waals surface area (Å²) in [6.07, 6.45) is 0.165. The van der Waals surface area contributed by atoms with Crippen LogP contribution in [0.2, 0.25) is 0 Å². The summed E-state index contributed by atoms with van der Waals surface area (Å²) in [5.41, 5.74) is 1.35. The summed E-state index contributed by atoms with van der Waals surface area (Å²) in [6, 6.07) is 1.74. The van der Waals surface area contributed by atoms with Crippen LogP contribution in [-0.2, 0) is 11.8 Å². The van der Waals surface area contributed by atoms with Gasteiger partial charge in [0.25, 0.3) is 5.91 Å². The Morgan fingerprint density at radius 2 is 2.11 bits per heavy atom. The first kappa shape index (κ1) is 15.9. The number of hydrogen-bond acceptors (Lipinski definition) is 5. The number of carboxylic acid groups (broad SMARTS) is 1. The largest absolute Gasteiger partial charge is 0.481 e. The van der Waals surface area contributed by atoms with Gasteiger partial charge in [-0.05, 0) is 13.0 Å². The van der Waals surface area contributed by atoms with E-state index in [1.54, 1.807) is 28.6 Å². The molecule has 8 heteroatoms. The molecule has 0 radical (unpaired) electrons. The molecule has 0 atom stereocenters. The quantitative estimate of drug-likeness (QED) is 0.556. The number of aryl methyl sites for hydroxylation is 2. The summed E-state index contributed by atoms with van der Waals surface area (Å²) >= 11 is 0. The van der Waals surface area contributed by atoms with Crippen molar-refractivity contribution in [2.45, 2.75) is 13.3 Å². The zero-order valence-corrected chi connectivity index (χ0v) is 12.5. The molecule has 0 saturated heterocycles. The highest BCUT2D eigenvalue weighted by Gasteiger charge is 2.10. The molecule has 106 valence electrons. The fourth-order valence-electron chi connectivity index (χ4n) is 1.37. The Kier molecular flexibility index (Phi) is 6.79. The van der Waals surface area contributed by atoms with Gasteiger partial charge < -0.3 is 10.4 Å². The van der Waals surface area contributed by atoms with Crippen LogP contribution in [0.5, 0.6) is 0 Å². The first-order valence-electron chi connectivity index (χ1n) is 5.75. The smallest absolute Gasteiger partial charge is 0.304 e. The summed E-state index contributed by atoms with van der Waals surface area (Å²) < 4.78 is 1.55. The van der Waals surface area contributed by atoms with Gasteiger partial charge in [0, 0.05) is 25.1 Å². The second-order valence-corrected chi connectivity index (χ2v) is 6.54. The van der Waals surface area contributed by atoms with Gasteiger partial charge in [-0.25, -0.2) is 0 Å². The van der Waals surface area contributed by atoms with Gasteiger partial charge >= 0.3 is 5.97 Å². The van der Waals surface area contributed by atoms with Gasteiger partial charge in [0.2, 0.25) is 0 Å². The lowest BCUT2D eigenvalue weighted by molar-refractivity contribution is -0.136. The van der Waals surface area contributed by atoms with E-state index >= 15 is 0 Å². The van der Waals surface area contributed by atoms with Crippen molar-refractivity contribution in [1.29, 1.82) is 0 Å². The van der Waals surface area contributed by atoms with Gasteiger partial charge in [-0.2, -0.15) is 5.10 Å². The van der Waals surface area contributed by atoms with Crippen molar-refractivity contribution in [1.82, 2.24) is 15.1 Å². The van der Waals surface area contributed by atoms with Gasteiger partial charge in [-0.1, -0.05) is 21.6 Å². The Hall–Kier alpha value is -1.15. The maximum absolute atomic E-state index is 11.8. The molecule has 19 heavy (non-hydrogen) atoms. The van der Waals surface area contributed by atoms with Crippen molar-refractivity contribution in [2.75, 3.05) is 18.1 Å². The summed E-state index contributed by atoms with van der Waals surface area (Å²) in [6.45, 7) is 2.39. The maximum atomic E-state index is 11.8. The van der Waals surface area contributed by atoms with Gasteiger partial charge in [-0.3, -0.25) is 14.3 Å². The molecule has 0 fully saturated rings. The number of amides is 1. The molecule has 0 spiro atoms. The fourth-order valence-corrected chi connectivity index (χ4v) is 3.25. The van der Waals surface area contributed by atoms with E-state index in [-0.39, 0.29) is 12.3 Å². The molecule has 6 nitrogen and oxygen atoms in total. The zero-order valence-electron chi connectivity index (χ0n) is 10.9. The minimum absolute atomic E-state index is 0.140. The van der Waals surface area contributed by atoms with Crippen LogP contribution in [0.3, 0.4) is 0 Å². The summed E-state index contributed by atoms with van der Waals surface area (Å²) in [5, 5.41) is 15.4. The number of carbonyl (C=O) groups excluding carboxylic acids is 1. The van der Waals surface area contributed by atoms with Crippen LogP contribution >= 0.6 is 21.6 Å². The van der Waals surface area contributed by atoms with E-state index in [0.717, 1.165) is 11.4 Å². The average Bonchev–Trinajstić information content (AvgIpc) is 2.66. The molecule has 1 aromatic heterocycles. The maximum Gasteiger partial charge on any atom is 0.304 e. The van der Waals surface area contributed by atoms with E-state index in [0.29, 0.717) is 18.0 Å².